The summed E-state index contributed by atoms with van der Waals surface area (Å²) in [6, 6.07) is 0. The van der Waals surface area contributed by atoms with Crippen LogP contribution in [0.4, 0.5) is 0 Å². The van der Waals surface area contributed by atoms with Crippen molar-refractivity contribution in [2.75, 3.05) is 5.75 Å². The summed E-state index contributed by atoms with van der Waals surface area (Å²) in [4.78, 5) is 15.6. The lowest BCUT2D eigenvalue weighted by Gasteiger charge is -2.11. The molecule has 0 N–H and O–H groups in total. The third-order valence-corrected chi connectivity index (χ3v) is 3.21. The van der Waals surface area contributed by atoms with Crippen LogP contribution in [0.5, 0.6) is 0 Å². The maximum Gasteiger partial charge on any atom is 0.177 e. The molecule has 0 radical (unpaired) electrons. The van der Waals surface area contributed by atoms with Crippen LogP contribution in [-0.4, -0.2) is 16.6 Å². The van der Waals surface area contributed by atoms with Crippen molar-refractivity contribution in [1.29, 1.82) is 0 Å². The van der Waals surface area contributed by atoms with Gasteiger partial charge in [0.25, 0.3) is 0 Å². The van der Waals surface area contributed by atoms with E-state index in [9.17, 15) is 4.79 Å². The molecule has 0 fully saturated rings. The molecular formula is C14H17NOS. The second kappa shape index (κ2) is 7.07. The first-order valence-electron chi connectivity index (χ1n) is 5.53. The van der Waals surface area contributed by atoms with Crippen molar-refractivity contribution in [2.24, 2.45) is 4.99 Å². The van der Waals surface area contributed by atoms with E-state index in [1.807, 2.05) is 25.2 Å². The Morgan fingerprint density at radius 2 is 2.41 bits per heavy atom. The maximum absolute atomic E-state index is 11.2. The molecule has 0 aromatic carbocycles. The molecule has 1 aliphatic heterocycles. The Morgan fingerprint density at radius 3 is 3.00 bits per heavy atom. The molecule has 1 heterocycles. The average molecular weight is 247 g/mol. The van der Waals surface area contributed by atoms with Gasteiger partial charge in [0.2, 0.25) is 0 Å². The number of carbonyl (C=O) groups is 1. The first kappa shape index (κ1) is 13.7. The summed E-state index contributed by atoms with van der Waals surface area (Å²) in [6.45, 7) is 7.20. The SMILES string of the molecule is C=C/C=C\C(=C/C)CC1=NC(C(C)=O)=CCS1. The van der Waals surface area contributed by atoms with Crippen molar-refractivity contribution < 1.29 is 4.79 Å². The van der Waals surface area contributed by atoms with Gasteiger partial charge in [-0.3, -0.25) is 4.79 Å². The summed E-state index contributed by atoms with van der Waals surface area (Å²) < 4.78 is 0. The number of rotatable bonds is 5. The Labute approximate surface area is 107 Å². The highest BCUT2D eigenvalue weighted by Gasteiger charge is 2.11. The second-order valence-corrected chi connectivity index (χ2v) is 4.69. The van der Waals surface area contributed by atoms with Crippen molar-refractivity contribution in [1.82, 2.24) is 0 Å². The van der Waals surface area contributed by atoms with Crippen molar-refractivity contribution in [3.63, 3.8) is 0 Å². The van der Waals surface area contributed by atoms with Crippen molar-refractivity contribution in [2.45, 2.75) is 20.3 Å². The second-order valence-electron chi connectivity index (χ2n) is 3.60. The van der Waals surface area contributed by atoms with Gasteiger partial charge in [-0.2, -0.15) is 0 Å². The van der Waals surface area contributed by atoms with E-state index in [2.05, 4.69) is 17.6 Å². The Hall–Kier alpha value is -1.35. The smallest absolute Gasteiger partial charge is 0.177 e. The van der Waals surface area contributed by atoms with Crippen LogP contribution >= 0.6 is 11.8 Å². The van der Waals surface area contributed by atoms with Gasteiger partial charge in [0.1, 0.15) is 5.70 Å². The monoisotopic (exact) mass is 247 g/mol. The van der Waals surface area contributed by atoms with Crippen LogP contribution in [-0.2, 0) is 4.79 Å². The van der Waals surface area contributed by atoms with Crippen molar-refractivity contribution in [3.8, 4) is 0 Å². The summed E-state index contributed by atoms with van der Waals surface area (Å²) in [7, 11) is 0. The van der Waals surface area contributed by atoms with E-state index in [4.69, 9.17) is 0 Å². The van der Waals surface area contributed by atoms with Gasteiger partial charge in [-0.25, -0.2) is 4.99 Å². The molecule has 1 rings (SSSR count). The molecule has 0 atom stereocenters. The Kier molecular flexibility index (Phi) is 5.70. The fourth-order valence-corrected chi connectivity index (χ4v) is 2.23. The molecule has 0 saturated carbocycles. The lowest BCUT2D eigenvalue weighted by Crippen LogP contribution is -2.05. The zero-order valence-corrected chi connectivity index (χ0v) is 11.1. The quantitative estimate of drug-likeness (QED) is 0.693. The fourth-order valence-electron chi connectivity index (χ4n) is 1.37. The molecule has 0 saturated heterocycles. The molecule has 3 heteroatoms. The molecular weight excluding hydrogens is 230 g/mol. The minimum absolute atomic E-state index is 0.0338. The normalized spacial score (nSPS) is 16.7. The molecule has 0 spiro atoms. The maximum atomic E-state index is 11.2. The molecule has 0 aliphatic carbocycles. The van der Waals surface area contributed by atoms with Crippen LogP contribution in [0, 0.1) is 0 Å². The summed E-state index contributed by atoms with van der Waals surface area (Å²) in [5.41, 5.74) is 1.77. The van der Waals surface area contributed by atoms with Crippen LogP contribution in [0.25, 0.3) is 0 Å². The number of thioether (sulfide) groups is 1. The van der Waals surface area contributed by atoms with Gasteiger partial charge in [-0.15, -0.1) is 11.8 Å². The molecule has 0 aromatic heterocycles. The third-order valence-electron chi connectivity index (χ3n) is 2.31. The number of carbonyl (C=O) groups excluding carboxylic acids is 1. The van der Waals surface area contributed by atoms with Gasteiger partial charge in [0, 0.05) is 19.1 Å². The molecule has 2 nitrogen and oxygen atoms in total. The number of Topliss-reactive ketones (excluding diaryl/α,β-unsaturated/α-hetero) is 1. The molecule has 17 heavy (non-hydrogen) atoms. The van der Waals surface area contributed by atoms with Gasteiger partial charge >= 0.3 is 0 Å². The van der Waals surface area contributed by atoms with Gasteiger partial charge in [0.15, 0.2) is 5.78 Å². The number of hydrogen-bond donors (Lipinski definition) is 0. The molecule has 0 aromatic rings. The van der Waals surface area contributed by atoms with Gasteiger partial charge in [0.05, 0.1) is 5.04 Å². The highest BCUT2D eigenvalue weighted by atomic mass is 32.2. The largest absolute Gasteiger partial charge is 0.293 e. The van der Waals surface area contributed by atoms with Gasteiger partial charge in [-0.05, 0) is 18.6 Å². The topological polar surface area (TPSA) is 29.4 Å². The molecule has 0 amide bonds. The fraction of sp³-hybridized carbons (Fsp3) is 0.286. The Bertz CT molecular complexity index is 428. The molecule has 90 valence electrons. The van der Waals surface area contributed by atoms with Gasteiger partial charge < -0.3 is 0 Å². The summed E-state index contributed by atoms with van der Waals surface area (Å²) in [5, 5.41) is 1.000. The number of hydrogen-bond acceptors (Lipinski definition) is 3. The van der Waals surface area contributed by atoms with E-state index in [1.165, 1.54) is 5.57 Å². The number of nitrogens with zero attached hydrogens (tertiary/aromatic N) is 1. The average Bonchev–Trinajstić information content (AvgIpc) is 2.34. The van der Waals surface area contributed by atoms with Crippen molar-refractivity contribution >= 4 is 22.6 Å². The van der Waals surface area contributed by atoms with Crippen LogP contribution in [0.2, 0.25) is 0 Å². The first-order chi connectivity index (χ1) is 8.17. The van der Waals surface area contributed by atoms with Crippen molar-refractivity contribution in [3.05, 3.63) is 48.2 Å². The zero-order chi connectivity index (χ0) is 12.7. The Morgan fingerprint density at radius 1 is 1.65 bits per heavy atom. The predicted octanol–water partition coefficient (Wildman–Crippen LogP) is 3.68. The summed E-state index contributed by atoms with van der Waals surface area (Å²) in [6.07, 6.45) is 10.4. The highest BCUT2D eigenvalue weighted by Crippen LogP contribution is 2.21. The van der Waals surface area contributed by atoms with E-state index in [0.717, 1.165) is 17.2 Å². The number of ketones is 1. The van der Waals surface area contributed by atoms with E-state index >= 15 is 0 Å². The van der Waals surface area contributed by atoms with Crippen LogP contribution in [0.15, 0.2) is 53.2 Å². The van der Waals surface area contributed by atoms with Crippen LogP contribution in [0.3, 0.4) is 0 Å². The third kappa shape index (κ3) is 4.57. The minimum atomic E-state index is 0.0338. The number of allylic oxidation sites excluding steroid dienone is 6. The van der Waals surface area contributed by atoms with Crippen LogP contribution < -0.4 is 0 Å². The molecule has 0 bridgehead atoms. The standard InChI is InChI=1S/C14H17NOS/c1-4-6-7-12(5-2)10-14-15-13(11(3)16)8-9-17-14/h4-8H,1,9-10H2,2-3H3/b7-6-,12-5+. The van der Waals surface area contributed by atoms with E-state index in [1.54, 1.807) is 24.8 Å². The first-order valence-corrected chi connectivity index (χ1v) is 6.51. The van der Waals surface area contributed by atoms with E-state index in [0.29, 0.717) is 5.70 Å². The van der Waals surface area contributed by atoms with Gasteiger partial charge in [-0.1, -0.05) is 30.9 Å². The summed E-state index contributed by atoms with van der Waals surface area (Å²) in [5.74, 6) is 0.863. The summed E-state index contributed by atoms with van der Waals surface area (Å²) >= 11 is 1.68. The predicted molar refractivity (Wildman–Crippen MR) is 76.4 cm³/mol. The van der Waals surface area contributed by atoms with E-state index < -0.39 is 0 Å². The number of aliphatic imine (C=N–C) groups is 1. The molecule has 0 unspecified atom stereocenters. The molecule has 1 aliphatic rings. The highest BCUT2D eigenvalue weighted by molar-refractivity contribution is 8.14. The lowest BCUT2D eigenvalue weighted by molar-refractivity contribution is -0.113. The Balaban J connectivity index is 2.75. The van der Waals surface area contributed by atoms with E-state index in [-0.39, 0.29) is 5.78 Å². The zero-order valence-electron chi connectivity index (χ0n) is 10.3. The van der Waals surface area contributed by atoms with Crippen LogP contribution in [0.1, 0.15) is 20.3 Å². The lowest BCUT2D eigenvalue weighted by atomic mass is 10.1. The minimum Gasteiger partial charge on any atom is -0.293 e.